The molecule has 2 saturated heterocycles. The number of hydrogen-bond donors (Lipinski definition) is 0. The van der Waals surface area contributed by atoms with Crippen molar-refractivity contribution in [1.29, 1.82) is 0 Å². The summed E-state index contributed by atoms with van der Waals surface area (Å²) in [5, 5.41) is 0. The third-order valence-electron chi connectivity index (χ3n) is 6.60. The zero-order valence-electron chi connectivity index (χ0n) is 18.3. The summed E-state index contributed by atoms with van der Waals surface area (Å²) in [5.74, 6) is 0. The van der Waals surface area contributed by atoms with E-state index in [1.54, 1.807) is 0 Å². The van der Waals surface area contributed by atoms with E-state index in [1.807, 2.05) is 11.3 Å². The minimum Gasteiger partial charge on any atom is -0.399 e. The van der Waals surface area contributed by atoms with Crippen molar-refractivity contribution in [3.05, 3.63) is 17.0 Å². The highest BCUT2D eigenvalue weighted by Gasteiger charge is 2.52. The molecule has 3 rings (SSSR count). The fraction of sp³-hybridized carbons (Fsp3) is 0.818. The average Bonchev–Trinajstić information content (AvgIpc) is 3.14. The lowest BCUT2D eigenvalue weighted by molar-refractivity contribution is -0.150. The zero-order valence-corrected chi connectivity index (χ0v) is 19.2. The normalized spacial score (nSPS) is 22.4. The molecule has 0 unspecified atom stereocenters. The Balaban J connectivity index is 1.28. The largest absolute Gasteiger partial charge is 0.505 e. The maximum absolute atomic E-state index is 6.15. The Kier molecular flexibility index (Phi) is 7.30. The Labute approximate surface area is 175 Å². The summed E-state index contributed by atoms with van der Waals surface area (Å²) >= 11 is 1.83. The quantitative estimate of drug-likeness (QED) is 0.396. The minimum absolute atomic E-state index is 0.228. The molecule has 2 aliphatic rings. The number of aryl methyl sites for hydroxylation is 1. The standard InChI is InChI=1S/C22H37BO4S/c1-6-22(16-25-17-22)15-24-14-10-8-7-9-11-18-12-13-19(28-18)23-26-20(2,3)21(4,5)27-23/h12-13H,6-11,14-17H2,1-5H3. The van der Waals surface area contributed by atoms with Crippen molar-refractivity contribution in [2.75, 3.05) is 26.4 Å². The molecule has 3 heterocycles. The Bertz CT molecular complexity index is 602. The predicted molar refractivity (Wildman–Crippen MR) is 117 cm³/mol. The molecule has 0 radical (unpaired) electrons. The fourth-order valence-corrected chi connectivity index (χ4v) is 4.55. The van der Waals surface area contributed by atoms with Gasteiger partial charge in [-0.3, -0.25) is 0 Å². The van der Waals surface area contributed by atoms with Crippen LogP contribution in [0.3, 0.4) is 0 Å². The van der Waals surface area contributed by atoms with E-state index in [4.69, 9.17) is 18.8 Å². The monoisotopic (exact) mass is 408 g/mol. The maximum atomic E-state index is 6.15. The van der Waals surface area contributed by atoms with Gasteiger partial charge in [-0.1, -0.05) is 25.8 Å². The van der Waals surface area contributed by atoms with Crippen LogP contribution in [0.15, 0.2) is 12.1 Å². The Morgan fingerprint density at radius 3 is 2.29 bits per heavy atom. The first-order chi connectivity index (χ1) is 13.3. The molecule has 0 atom stereocenters. The van der Waals surface area contributed by atoms with Gasteiger partial charge in [0.1, 0.15) is 0 Å². The molecule has 2 fully saturated rings. The molecule has 158 valence electrons. The number of ether oxygens (including phenoxy) is 2. The van der Waals surface area contributed by atoms with E-state index >= 15 is 0 Å². The summed E-state index contributed by atoms with van der Waals surface area (Å²) in [6.07, 6.45) is 7.18. The van der Waals surface area contributed by atoms with E-state index in [2.05, 4.69) is 46.8 Å². The van der Waals surface area contributed by atoms with Gasteiger partial charge in [-0.05, 0) is 59.4 Å². The number of unbranched alkanes of at least 4 members (excludes halogenated alkanes) is 3. The molecule has 28 heavy (non-hydrogen) atoms. The van der Waals surface area contributed by atoms with Gasteiger partial charge in [0.05, 0.1) is 31.0 Å². The van der Waals surface area contributed by atoms with Crippen molar-refractivity contribution in [2.45, 2.75) is 84.3 Å². The van der Waals surface area contributed by atoms with Gasteiger partial charge in [-0.15, -0.1) is 11.3 Å². The van der Waals surface area contributed by atoms with Gasteiger partial charge < -0.3 is 18.8 Å². The second-order valence-electron chi connectivity index (χ2n) is 9.46. The van der Waals surface area contributed by atoms with Crippen LogP contribution in [-0.4, -0.2) is 44.7 Å². The van der Waals surface area contributed by atoms with E-state index in [-0.39, 0.29) is 18.3 Å². The molecule has 4 nitrogen and oxygen atoms in total. The molecule has 0 amide bonds. The molecule has 0 aliphatic carbocycles. The van der Waals surface area contributed by atoms with Crippen molar-refractivity contribution < 1.29 is 18.8 Å². The van der Waals surface area contributed by atoms with Crippen LogP contribution in [0.1, 0.15) is 71.6 Å². The van der Waals surface area contributed by atoms with E-state index < -0.39 is 0 Å². The molecular weight excluding hydrogens is 371 g/mol. The topological polar surface area (TPSA) is 36.9 Å². The third-order valence-corrected chi connectivity index (χ3v) is 7.77. The lowest BCUT2D eigenvalue weighted by Gasteiger charge is -2.40. The van der Waals surface area contributed by atoms with E-state index in [9.17, 15) is 0 Å². The smallest absolute Gasteiger partial charge is 0.399 e. The summed E-state index contributed by atoms with van der Waals surface area (Å²) in [6.45, 7) is 14.1. The van der Waals surface area contributed by atoms with Gasteiger partial charge in [0.15, 0.2) is 0 Å². The molecule has 0 spiro atoms. The Morgan fingerprint density at radius 2 is 1.68 bits per heavy atom. The van der Waals surface area contributed by atoms with Crippen LogP contribution in [0, 0.1) is 5.41 Å². The molecule has 6 heteroatoms. The van der Waals surface area contributed by atoms with Crippen LogP contribution in [0.4, 0.5) is 0 Å². The first-order valence-electron chi connectivity index (χ1n) is 10.9. The molecule has 2 aliphatic heterocycles. The number of hydrogen-bond acceptors (Lipinski definition) is 5. The Hall–Kier alpha value is -0.395. The molecule has 0 saturated carbocycles. The summed E-state index contributed by atoms with van der Waals surface area (Å²) in [4.78, 5) is 1.43. The Morgan fingerprint density at radius 1 is 1.00 bits per heavy atom. The van der Waals surface area contributed by atoms with Gasteiger partial charge in [0, 0.05) is 21.7 Å². The second-order valence-corrected chi connectivity index (χ2v) is 10.7. The summed E-state index contributed by atoms with van der Waals surface area (Å²) < 4.78 is 24.7. The van der Waals surface area contributed by atoms with E-state index in [0.29, 0.717) is 5.41 Å². The van der Waals surface area contributed by atoms with Crippen molar-refractivity contribution in [1.82, 2.24) is 0 Å². The van der Waals surface area contributed by atoms with Crippen molar-refractivity contribution in [2.24, 2.45) is 5.41 Å². The van der Waals surface area contributed by atoms with Crippen LogP contribution in [0.5, 0.6) is 0 Å². The highest BCUT2D eigenvalue weighted by Crippen LogP contribution is 2.37. The van der Waals surface area contributed by atoms with Gasteiger partial charge in [-0.2, -0.15) is 0 Å². The SMILES string of the molecule is CCC1(COCCCCCCc2ccc(B3OC(C)(C)C(C)(C)O3)s2)COC1. The number of rotatable bonds is 11. The van der Waals surface area contributed by atoms with Crippen molar-refractivity contribution in [3.63, 3.8) is 0 Å². The highest BCUT2D eigenvalue weighted by molar-refractivity contribution is 7.22. The molecule has 0 aromatic carbocycles. The maximum Gasteiger partial charge on any atom is 0.505 e. The lowest BCUT2D eigenvalue weighted by Crippen LogP contribution is -2.45. The summed E-state index contributed by atoms with van der Waals surface area (Å²) in [6, 6.07) is 4.41. The lowest BCUT2D eigenvalue weighted by atomic mass is 9.84. The predicted octanol–water partition coefficient (Wildman–Crippen LogP) is 4.59. The van der Waals surface area contributed by atoms with Crippen LogP contribution in [0.25, 0.3) is 0 Å². The van der Waals surface area contributed by atoms with Crippen molar-refractivity contribution >= 4 is 23.2 Å². The van der Waals surface area contributed by atoms with Crippen LogP contribution < -0.4 is 4.78 Å². The van der Waals surface area contributed by atoms with Gasteiger partial charge >= 0.3 is 7.12 Å². The first-order valence-corrected chi connectivity index (χ1v) is 11.7. The zero-order chi connectivity index (χ0) is 20.3. The van der Waals surface area contributed by atoms with Crippen molar-refractivity contribution in [3.8, 4) is 0 Å². The molecule has 1 aromatic heterocycles. The highest BCUT2D eigenvalue weighted by atomic mass is 32.1. The number of thiophene rings is 1. The summed E-state index contributed by atoms with van der Waals surface area (Å²) in [7, 11) is -0.228. The molecule has 0 N–H and O–H groups in total. The molecule has 0 bridgehead atoms. The van der Waals surface area contributed by atoms with E-state index in [1.165, 1.54) is 28.9 Å². The minimum atomic E-state index is -0.272. The third kappa shape index (κ3) is 5.20. The van der Waals surface area contributed by atoms with Crippen LogP contribution in [-0.2, 0) is 25.2 Å². The van der Waals surface area contributed by atoms with Gasteiger partial charge in [0.25, 0.3) is 0 Å². The summed E-state index contributed by atoms with van der Waals surface area (Å²) in [5.41, 5.74) is -0.229. The van der Waals surface area contributed by atoms with Crippen LogP contribution in [0.2, 0.25) is 0 Å². The first kappa shape index (κ1) is 22.3. The second kappa shape index (κ2) is 9.17. The molecule has 1 aromatic rings. The average molecular weight is 408 g/mol. The van der Waals surface area contributed by atoms with Gasteiger partial charge in [0.2, 0.25) is 0 Å². The van der Waals surface area contributed by atoms with Gasteiger partial charge in [-0.25, -0.2) is 0 Å². The fourth-order valence-electron chi connectivity index (χ4n) is 3.54. The van der Waals surface area contributed by atoms with E-state index in [0.717, 1.165) is 45.7 Å². The molecular formula is C22H37BO4S. The van der Waals surface area contributed by atoms with Crippen LogP contribution >= 0.6 is 11.3 Å².